The first-order valence-corrected chi connectivity index (χ1v) is 7.23. The van der Waals surface area contributed by atoms with E-state index in [2.05, 4.69) is 6.92 Å². The molecule has 0 saturated heterocycles. The fourth-order valence-corrected chi connectivity index (χ4v) is 2.86. The van der Waals surface area contributed by atoms with Gasteiger partial charge in [-0.3, -0.25) is 0 Å². The summed E-state index contributed by atoms with van der Waals surface area (Å²) < 4.78 is 11.4. The lowest BCUT2D eigenvalue weighted by molar-refractivity contribution is 0.0875. The van der Waals surface area contributed by atoms with E-state index >= 15 is 0 Å². The van der Waals surface area contributed by atoms with Gasteiger partial charge in [0.25, 0.3) is 0 Å². The van der Waals surface area contributed by atoms with E-state index in [4.69, 9.17) is 9.47 Å². The topological polar surface area (TPSA) is 38.7 Å². The molecule has 0 heterocycles. The maximum absolute atomic E-state index is 9.41. The molecule has 3 nitrogen and oxygen atoms in total. The Labute approximate surface area is 115 Å². The van der Waals surface area contributed by atoms with Crippen molar-refractivity contribution in [1.82, 2.24) is 0 Å². The molecule has 1 N–H and O–H groups in total. The highest BCUT2D eigenvalue weighted by Gasteiger charge is 2.26. The first-order chi connectivity index (χ1) is 9.28. The van der Waals surface area contributed by atoms with Crippen LogP contribution in [0.1, 0.15) is 44.6 Å². The van der Waals surface area contributed by atoms with Gasteiger partial charge in [0.05, 0.1) is 13.7 Å². The van der Waals surface area contributed by atoms with Crippen LogP contribution in [0.25, 0.3) is 0 Å². The first-order valence-electron chi connectivity index (χ1n) is 7.23. The number of hydrogen-bond donors (Lipinski definition) is 1. The number of aliphatic hydroxyl groups is 1. The molecule has 1 aliphatic rings. The van der Waals surface area contributed by atoms with Crippen LogP contribution in [0.3, 0.4) is 0 Å². The fourth-order valence-electron chi connectivity index (χ4n) is 2.86. The minimum Gasteiger partial charge on any atom is -0.497 e. The third-order valence-electron chi connectivity index (χ3n) is 4.09. The molecule has 2 unspecified atom stereocenters. The summed E-state index contributed by atoms with van der Waals surface area (Å²) in [4.78, 5) is 0. The summed E-state index contributed by atoms with van der Waals surface area (Å²) >= 11 is 0. The SMILES string of the molecule is CCC1CCCCC1Oc1cc(OC)ccc1CO. The van der Waals surface area contributed by atoms with Gasteiger partial charge >= 0.3 is 0 Å². The predicted molar refractivity (Wildman–Crippen MR) is 75.6 cm³/mol. The van der Waals surface area contributed by atoms with Crippen molar-refractivity contribution in [2.24, 2.45) is 5.92 Å². The van der Waals surface area contributed by atoms with Gasteiger partial charge in [-0.25, -0.2) is 0 Å². The summed E-state index contributed by atoms with van der Waals surface area (Å²) in [5.41, 5.74) is 0.834. The van der Waals surface area contributed by atoms with Crippen LogP contribution in [0.2, 0.25) is 0 Å². The highest BCUT2D eigenvalue weighted by atomic mass is 16.5. The lowest BCUT2D eigenvalue weighted by atomic mass is 9.84. The molecule has 2 atom stereocenters. The van der Waals surface area contributed by atoms with E-state index in [0.717, 1.165) is 29.9 Å². The van der Waals surface area contributed by atoms with Crippen LogP contribution >= 0.6 is 0 Å². The number of aliphatic hydroxyl groups excluding tert-OH is 1. The van der Waals surface area contributed by atoms with Crippen LogP contribution in [0.5, 0.6) is 11.5 Å². The molecule has 0 aromatic heterocycles. The number of rotatable bonds is 5. The Kier molecular flexibility index (Phi) is 5.08. The van der Waals surface area contributed by atoms with Crippen LogP contribution < -0.4 is 9.47 Å². The van der Waals surface area contributed by atoms with Gasteiger partial charge in [-0.1, -0.05) is 13.3 Å². The van der Waals surface area contributed by atoms with Crippen LogP contribution in [-0.4, -0.2) is 18.3 Å². The summed E-state index contributed by atoms with van der Waals surface area (Å²) in [6, 6.07) is 5.61. The molecule has 1 fully saturated rings. The van der Waals surface area contributed by atoms with Crippen LogP contribution in [0.4, 0.5) is 0 Å². The second-order valence-corrected chi connectivity index (χ2v) is 5.24. The Bertz CT molecular complexity index is 403. The summed E-state index contributed by atoms with van der Waals surface area (Å²) in [5.74, 6) is 2.18. The van der Waals surface area contributed by atoms with Gasteiger partial charge < -0.3 is 14.6 Å². The van der Waals surface area contributed by atoms with Crippen LogP contribution in [0, 0.1) is 5.92 Å². The van der Waals surface area contributed by atoms with E-state index in [9.17, 15) is 5.11 Å². The Hall–Kier alpha value is -1.22. The number of ether oxygens (including phenoxy) is 2. The molecule has 1 saturated carbocycles. The Morgan fingerprint density at radius 3 is 2.74 bits per heavy atom. The van der Waals surface area contributed by atoms with Crippen LogP contribution in [0.15, 0.2) is 18.2 Å². The number of hydrogen-bond acceptors (Lipinski definition) is 3. The summed E-state index contributed by atoms with van der Waals surface area (Å²) in [5, 5.41) is 9.41. The second kappa shape index (κ2) is 6.80. The minimum atomic E-state index is 0.00282. The largest absolute Gasteiger partial charge is 0.497 e. The zero-order valence-electron chi connectivity index (χ0n) is 11.9. The van der Waals surface area contributed by atoms with Gasteiger partial charge in [-0.05, 0) is 43.7 Å². The normalized spacial score (nSPS) is 23.1. The molecule has 1 aliphatic carbocycles. The Balaban J connectivity index is 2.16. The minimum absolute atomic E-state index is 0.00282. The number of benzene rings is 1. The van der Waals surface area contributed by atoms with Crippen molar-refractivity contribution in [3.63, 3.8) is 0 Å². The zero-order valence-corrected chi connectivity index (χ0v) is 11.9. The van der Waals surface area contributed by atoms with Crippen molar-refractivity contribution in [2.75, 3.05) is 7.11 Å². The lowest BCUT2D eigenvalue weighted by Crippen LogP contribution is -2.30. The quantitative estimate of drug-likeness (QED) is 0.884. The van der Waals surface area contributed by atoms with Gasteiger partial charge in [-0.2, -0.15) is 0 Å². The first kappa shape index (κ1) is 14.2. The van der Waals surface area contributed by atoms with Crippen molar-refractivity contribution < 1.29 is 14.6 Å². The fraction of sp³-hybridized carbons (Fsp3) is 0.625. The van der Waals surface area contributed by atoms with Crippen molar-refractivity contribution >= 4 is 0 Å². The lowest BCUT2D eigenvalue weighted by Gasteiger charge is -2.31. The molecular formula is C16H24O3. The summed E-state index contributed by atoms with van der Waals surface area (Å²) in [6.45, 7) is 2.23. The molecule has 1 aromatic carbocycles. The molecule has 2 rings (SSSR count). The van der Waals surface area contributed by atoms with Gasteiger partial charge in [0.1, 0.15) is 17.6 Å². The standard InChI is InChI=1S/C16H24O3/c1-3-12-6-4-5-7-15(12)19-16-10-14(18-2)9-8-13(16)11-17/h8-10,12,15,17H,3-7,11H2,1-2H3. The van der Waals surface area contributed by atoms with E-state index in [0.29, 0.717) is 5.92 Å². The number of methoxy groups -OCH3 is 1. The molecule has 0 aliphatic heterocycles. The van der Waals surface area contributed by atoms with E-state index in [1.54, 1.807) is 7.11 Å². The van der Waals surface area contributed by atoms with Crippen molar-refractivity contribution in [3.05, 3.63) is 23.8 Å². The summed E-state index contributed by atoms with van der Waals surface area (Å²) in [6.07, 6.45) is 6.34. The maximum Gasteiger partial charge on any atom is 0.128 e. The molecule has 19 heavy (non-hydrogen) atoms. The smallest absolute Gasteiger partial charge is 0.128 e. The monoisotopic (exact) mass is 264 g/mol. The van der Waals surface area contributed by atoms with E-state index < -0.39 is 0 Å². The Morgan fingerprint density at radius 1 is 1.26 bits per heavy atom. The third-order valence-corrected chi connectivity index (χ3v) is 4.09. The average Bonchev–Trinajstić information content (AvgIpc) is 2.47. The van der Waals surface area contributed by atoms with E-state index in [-0.39, 0.29) is 12.7 Å². The van der Waals surface area contributed by atoms with Crippen molar-refractivity contribution in [2.45, 2.75) is 51.7 Å². The van der Waals surface area contributed by atoms with Gasteiger partial charge in [0, 0.05) is 11.6 Å². The molecular weight excluding hydrogens is 240 g/mol. The van der Waals surface area contributed by atoms with Crippen molar-refractivity contribution in [1.29, 1.82) is 0 Å². The highest BCUT2D eigenvalue weighted by Crippen LogP contribution is 2.33. The predicted octanol–water partition coefficient (Wildman–Crippen LogP) is 3.54. The maximum atomic E-state index is 9.41. The van der Waals surface area contributed by atoms with Gasteiger partial charge in [-0.15, -0.1) is 0 Å². The molecule has 3 heteroatoms. The highest BCUT2D eigenvalue weighted by molar-refractivity contribution is 5.40. The average molecular weight is 264 g/mol. The Morgan fingerprint density at radius 2 is 2.05 bits per heavy atom. The van der Waals surface area contributed by atoms with Crippen LogP contribution in [-0.2, 0) is 6.61 Å². The molecule has 106 valence electrons. The van der Waals surface area contributed by atoms with Gasteiger partial charge in [0.2, 0.25) is 0 Å². The molecule has 0 bridgehead atoms. The van der Waals surface area contributed by atoms with Gasteiger partial charge in [0.15, 0.2) is 0 Å². The molecule has 0 radical (unpaired) electrons. The molecule has 0 spiro atoms. The summed E-state index contributed by atoms with van der Waals surface area (Å²) in [7, 11) is 1.65. The van der Waals surface area contributed by atoms with E-state index in [1.165, 1.54) is 19.3 Å². The van der Waals surface area contributed by atoms with E-state index in [1.807, 2.05) is 18.2 Å². The second-order valence-electron chi connectivity index (χ2n) is 5.24. The van der Waals surface area contributed by atoms with Crippen molar-refractivity contribution in [3.8, 4) is 11.5 Å². The third kappa shape index (κ3) is 3.41. The molecule has 0 amide bonds. The molecule has 1 aromatic rings. The zero-order chi connectivity index (χ0) is 13.7.